The molecule has 0 aliphatic rings. The third-order valence-electron chi connectivity index (χ3n) is 3.16. The molecule has 0 radical (unpaired) electrons. The van der Waals surface area contributed by atoms with Crippen LogP contribution >= 0.6 is 11.8 Å². The van der Waals surface area contributed by atoms with Crippen molar-refractivity contribution in [3.63, 3.8) is 0 Å². The van der Waals surface area contributed by atoms with Crippen molar-refractivity contribution in [2.75, 3.05) is 11.6 Å². The minimum Gasteiger partial charge on any atom is -0.403 e. The highest BCUT2D eigenvalue weighted by Crippen LogP contribution is 2.25. The van der Waals surface area contributed by atoms with Crippen molar-refractivity contribution < 1.29 is 18.0 Å². The molecule has 1 aromatic heterocycles. The Bertz CT molecular complexity index is 899. The SMILES string of the molecule is CSc1ccccc1C(=O)Nc1nnc(-c2ccc(F)cc2F)o1. The first-order chi connectivity index (χ1) is 11.6. The number of carbonyl (C=O) groups is 1. The summed E-state index contributed by atoms with van der Waals surface area (Å²) in [5, 5.41) is 9.79. The molecule has 3 aromatic rings. The van der Waals surface area contributed by atoms with Crippen molar-refractivity contribution in [1.29, 1.82) is 0 Å². The fraction of sp³-hybridized carbons (Fsp3) is 0.0625. The number of halogens is 2. The van der Waals surface area contributed by atoms with E-state index in [2.05, 4.69) is 15.5 Å². The monoisotopic (exact) mass is 347 g/mol. The number of carbonyl (C=O) groups excluding carboxylic acids is 1. The Morgan fingerprint density at radius 1 is 1.17 bits per heavy atom. The van der Waals surface area contributed by atoms with Crippen molar-refractivity contribution in [1.82, 2.24) is 10.2 Å². The normalized spacial score (nSPS) is 10.6. The van der Waals surface area contributed by atoms with Gasteiger partial charge in [-0.15, -0.1) is 16.9 Å². The van der Waals surface area contributed by atoms with E-state index in [0.717, 1.165) is 11.0 Å². The highest BCUT2D eigenvalue weighted by molar-refractivity contribution is 7.98. The van der Waals surface area contributed by atoms with Crippen LogP contribution in [0.25, 0.3) is 11.5 Å². The maximum absolute atomic E-state index is 13.7. The molecule has 2 aromatic carbocycles. The first-order valence-electron chi connectivity index (χ1n) is 6.82. The molecule has 8 heteroatoms. The van der Waals surface area contributed by atoms with E-state index in [1.54, 1.807) is 12.1 Å². The van der Waals surface area contributed by atoms with Crippen molar-refractivity contribution in [3.05, 3.63) is 59.7 Å². The van der Waals surface area contributed by atoms with E-state index >= 15 is 0 Å². The number of rotatable bonds is 4. The molecule has 0 atom stereocenters. The lowest BCUT2D eigenvalue weighted by Gasteiger charge is -2.05. The number of anilines is 1. The molecule has 0 saturated heterocycles. The van der Waals surface area contributed by atoms with Gasteiger partial charge in [0.05, 0.1) is 11.1 Å². The summed E-state index contributed by atoms with van der Waals surface area (Å²) in [6, 6.07) is 9.85. The van der Waals surface area contributed by atoms with Crippen LogP contribution in [0.3, 0.4) is 0 Å². The Hall–Kier alpha value is -2.74. The number of hydrogen-bond acceptors (Lipinski definition) is 5. The van der Waals surface area contributed by atoms with E-state index in [0.29, 0.717) is 11.6 Å². The smallest absolute Gasteiger partial charge is 0.322 e. The van der Waals surface area contributed by atoms with Gasteiger partial charge in [0, 0.05) is 11.0 Å². The largest absolute Gasteiger partial charge is 0.403 e. The standard InChI is InChI=1S/C16H11F2N3O2S/c1-24-13-5-3-2-4-11(13)14(22)19-16-21-20-15(23-16)10-7-6-9(17)8-12(10)18/h2-8H,1H3,(H,19,21,22). The molecule has 3 rings (SSSR count). The van der Waals surface area contributed by atoms with Gasteiger partial charge in [0.1, 0.15) is 11.6 Å². The Morgan fingerprint density at radius 2 is 1.96 bits per heavy atom. The fourth-order valence-electron chi connectivity index (χ4n) is 2.04. The molecule has 0 unspecified atom stereocenters. The van der Waals surface area contributed by atoms with Crippen molar-refractivity contribution in [2.24, 2.45) is 0 Å². The van der Waals surface area contributed by atoms with Crippen molar-refractivity contribution >= 4 is 23.7 Å². The number of nitrogens with one attached hydrogen (secondary N) is 1. The van der Waals surface area contributed by atoms with Crippen LogP contribution in [0.15, 0.2) is 51.8 Å². The first-order valence-corrected chi connectivity index (χ1v) is 8.04. The van der Waals surface area contributed by atoms with Crippen molar-refractivity contribution in [3.8, 4) is 11.5 Å². The van der Waals surface area contributed by atoms with Gasteiger partial charge < -0.3 is 4.42 Å². The van der Waals surface area contributed by atoms with Gasteiger partial charge in [-0.25, -0.2) is 8.78 Å². The van der Waals surface area contributed by atoms with E-state index in [4.69, 9.17) is 4.42 Å². The molecule has 24 heavy (non-hydrogen) atoms. The lowest BCUT2D eigenvalue weighted by molar-refractivity contribution is 0.102. The van der Waals surface area contributed by atoms with E-state index in [1.165, 1.54) is 17.8 Å². The lowest BCUT2D eigenvalue weighted by atomic mass is 10.2. The van der Waals surface area contributed by atoms with Gasteiger partial charge in [0.2, 0.25) is 0 Å². The van der Waals surface area contributed by atoms with E-state index in [9.17, 15) is 13.6 Å². The number of thioether (sulfide) groups is 1. The number of amides is 1. The van der Waals surface area contributed by atoms with Gasteiger partial charge in [-0.1, -0.05) is 17.2 Å². The summed E-state index contributed by atoms with van der Waals surface area (Å²) in [7, 11) is 0. The van der Waals surface area contributed by atoms with Gasteiger partial charge in [-0.2, -0.15) is 0 Å². The predicted molar refractivity (Wildman–Crippen MR) is 85.8 cm³/mol. The van der Waals surface area contributed by atoms with E-state index in [-0.39, 0.29) is 17.5 Å². The summed E-state index contributed by atoms with van der Waals surface area (Å²) < 4.78 is 31.9. The number of hydrogen-bond donors (Lipinski definition) is 1. The quantitative estimate of drug-likeness (QED) is 0.723. The van der Waals surface area contributed by atoms with Crippen LogP contribution in [0.4, 0.5) is 14.8 Å². The molecule has 1 heterocycles. The predicted octanol–water partition coefficient (Wildman–Crippen LogP) is 3.99. The zero-order valence-electron chi connectivity index (χ0n) is 12.4. The summed E-state index contributed by atoms with van der Waals surface area (Å²) in [5.74, 6) is -2.11. The van der Waals surface area contributed by atoms with Gasteiger partial charge in [0.25, 0.3) is 11.8 Å². The highest BCUT2D eigenvalue weighted by Gasteiger charge is 2.17. The molecule has 0 aliphatic heterocycles. The van der Waals surface area contributed by atoms with Gasteiger partial charge in [-0.3, -0.25) is 10.1 Å². The Labute approximate surface area is 140 Å². The minimum absolute atomic E-state index is 0.0473. The van der Waals surface area contributed by atoms with Crippen LogP contribution in [0.1, 0.15) is 10.4 Å². The summed E-state index contributed by atoms with van der Waals surface area (Å²) in [4.78, 5) is 13.1. The van der Waals surface area contributed by atoms with Crippen LogP contribution in [-0.2, 0) is 0 Å². The second-order valence-electron chi connectivity index (χ2n) is 4.69. The van der Waals surface area contributed by atoms with Crippen LogP contribution in [0, 0.1) is 11.6 Å². The zero-order chi connectivity index (χ0) is 17.1. The maximum Gasteiger partial charge on any atom is 0.322 e. The van der Waals surface area contributed by atoms with Gasteiger partial charge in [0.15, 0.2) is 0 Å². The Balaban J connectivity index is 1.82. The zero-order valence-corrected chi connectivity index (χ0v) is 13.2. The van der Waals surface area contributed by atoms with Gasteiger partial charge in [-0.05, 0) is 30.5 Å². The van der Waals surface area contributed by atoms with Crippen molar-refractivity contribution in [2.45, 2.75) is 4.90 Å². The number of benzene rings is 2. The third kappa shape index (κ3) is 3.28. The fourth-order valence-corrected chi connectivity index (χ4v) is 2.64. The average Bonchev–Trinajstić information content (AvgIpc) is 3.02. The molecule has 0 saturated carbocycles. The summed E-state index contributed by atoms with van der Waals surface area (Å²) in [6.45, 7) is 0. The molecular weight excluding hydrogens is 336 g/mol. The van der Waals surface area contributed by atoms with E-state index < -0.39 is 17.5 Å². The third-order valence-corrected chi connectivity index (χ3v) is 3.95. The molecule has 1 amide bonds. The first kappa shape index (κ1) is 16.1. The molecular formula is C16H11F2N3O2S. The van der Waals surface area contributed by atoms with Crippen LogP contribution in [0.5, 0.6) is 0 Å². The number of aromatic nitrogens is 2. The summed E-state index contributed by atoms with van der Waals surface area (Å²) >= 11 is 1.43. The molecule has 0 aliphatic carbocycles. The molecule has 1 N–H and O–H groups in total. The molecule has 5 nitrogen and oxygen atoms in total. The molecule has 0 fully saturated rings. The molecule has 0 bridgehead atoms. The summed E-state index contributed by atoms with van der Waals surface area (Å²) in [6.07, 6.45) is 1.86. The van der Waals surface area contributed by atoms with E-state index in [1.807, 2.05) is 18.4 Å². The topological polar surface area (TPSA) is 68.0 Å². The number of nitrogens with zero attached hydrogens (tertiary/aromatic N) is 2. The summed E-state index contributed by atoms with van der Waals surface area (Å²) in [5.41, 5.74) is 0.409. The Kier molecular flexibility index (Phi) is 4.57. The second-order valence-corrected chi connectivity index (χ2v) is 5.54. The lowest BCUT2D eigenvalue weighted by Crippen LogP contribution is -2.13. The van der Waals surface area contributed by atoms with Gasteiger partial charge >= 0.3 is 6.01 Å². The van der Waals surface area contributed by atoms with Crippen LogP contribution in [0.2, 0.25) is 0 Å². The molecule has 0 spiro atoms. The average molecular weight is 347 g/mol. The molecule has 122 valence electrons. The Morgan fingerprint density at radius 3 is 2.71 bits per heavy atom. The van der Waals surface area contributed by atoms with Crippen LogP contribution < -0.4 is 5.32 Å². The van der Waals surface area contributed by atoms with Crippen LogP contribution in [-0.4, -0.2) is 22.4 Å². The minimum atomic E-state index is -0.829. The maximum atomic E-state index is 13.7. The second kappa shape index (κ2) is 6.79. The highest BCUT2D eigenvalue weighted by atomic mass is 32.2.